The lowest BCUT2D eigenvalue weighted by Crippen LogP contribution is -3.00. The van der Waals surface area contributed by atoms with E-state index < -0.39 is 5.25 Å². The molecule has 0 radical (unpaired) electrons. The smallest absolute Gasteiger partial charge is 0.726 e. The Hall–Kier alpha value is -1.81. The Labute approximate surface area is 155 Å². The van der Waals surface area contributed by atoms with E-state index in [9.17, 15) is 0 Å². The molecule has 0 amide bonds. The summed E-state index contributed by atoms with van der Waals surface area (Å²) in [6.07, 6.45) is 0. The van der Waals surface area contributed by atoms with Gasteiger partial charge in [-0.15, -0.1) is 0 Å². The van der Waals surface area contributed by atoms with Crippen molar-refractivity contribution in [2.75, 3.05) is 0 Å². The monoisotopic (exact) mass is 372 g/mol. The van der Waals surface area contributed by atoms with Crippen molar-refractivity contribution in [3.8, 4) is 11.4 Å². The largest absolute Gasteiger partial charge is 1.00 e. The van der Waals surface area contributed by atoms with Gasteiger partial charge in [0.1, 0.15) is 0 Å². The minimum absolute atomic E-state index is 0. The van der Waals surface area contributed by atoms with E-state index in [0.717, 1.165) is 33.2 Å². The van der Waals surface area contributed by atoms with Crippen LogP contribution in [0.2, 0.25) is 0 Å². The number of fused-ring (bicyclic) bond motifs is 7. The van der Waals surface area contributed by atoms with E-state index in [4.69, 9.17) is 22.9 Å². The van der Waals surface area contributed by atoms with Crippen molar-refractivity contribution in [2.45, 2.75) is 0 Å². The first-order valence-corrected chi connectivity index (χ1v) is 8.45. The zero-order chi connectivity index (χ0) is 15.6. The average molecular weight is 373 g/mol. The Morgan fingerprint density at radius 1 is 0.583 bits per heavy atom. The summed E-state index contributed by atoms with van der Waals surface area (Å²) in [6, 6.07) is 24.8. The number of hydrogen-bond donors (Lipinski definition) is 0. The molecule has 0 aliphatic carbocycles. The van der Waals surface area contributed by atoms with Gasteiger partial charge in [-0.25, -0.2) is 0 Å². The van der Waals surface area contributed by atoms with E-state index >= 15 is 0 Å². The molecule has 0 atom stereocenters. The summed E-state index contributed by atoms with van der Waals surface area (Å²) < 4.78 is 4.11. The van der Waals surface area contributed by atoms with Crippen LogP contribution in [0.15, 0.2) is 72.8 Å². The van der Waals surface area contributed by atoms with Gasteiger partial charge in [-0.2, -0.15) is 22.9 Å². The number of pyridine rings is 2. The number of aromatic nitrogens is 2. The summed E-state index contributed by atoms with van der Waals surface area (Å²) in [5, 5.41) is 0.272. The Kier molecular flexibility index (Phi) is 3.50. The van der Waals surface area contributed by atoms with Crippen LogP contribution in [0.3, 0.4) is 0 Å². The predicted molar refractivity (Wildman–Crippen MR) is 95.5 cm³/mol. The molecule has 0 saturated heterocycles. The Bertz CT molecular complexity index is 1020. The first kappa shape index (κ1) is 15.7. The number of nitrogens with zero attached hydrogens (tertiary/aromatic N) is 2. The van der Waals surface area contributed by atoms with Crippen molar-refractivity contribution in [1.29, 1.82) is 0 Å². The van der Waals surface area contributed by atoms with Crippen LogP contribution in [0.5, 0.6) is 0 Å². The van der Waals surface area contributed by atoms with Crippen LogP contribution >= 0.6 is 22.9 Å². The second-order valence-electron chi connectivity index (χ2n) is 5.88. The molecule has 0 unspecified atom stereocenters. The fourth-order valence-electron chi connectivity index (χ4n) is 3.66. The van der Waals surface area contributed by atoms with Gasteiger partial charge >= 0.3 is 5.25 Å². The summed E-state index contributed by atoms with van der Waals surface area (Å²) in [5.41, 5.74) is 4.17. The lowest BCUT2D eigenvalue weighted by Gasteiger charge is -2.13. The maximum atomic E-state index is 6.94. The standard InChI is InChI=1S/C18H12BCl2N2.ClH/c20-19(21)22-15-7-3-1-5-13(15)9-11-17(22)18-12-10-14-6-2-4-8-16(14)23(18)19;/h1-12H;1H/q+1;/p-1. The van der Waals surface area contributed by atoms with Gasteiger partial charge in [0.25, 0.3) is 0 Å². The molecule has 118 valence electrons. The molecule has 6 heteroatoms. The average Bonchev–Trinajstić information content (AvgIpc) is 2.83. The SMILES string of the molecule is Cl[B-]1(Cl)[n+]2c(ccc3ccccc32)-c2ccc3ccccc3[n+]21.[Cl-]. The van der Waals surface area contributed by atoms with Crippen molar-refractivity contribution in [3.63, 3.8) is 0 Å². The molecule has 5 rings (SSSR count). The topological polar surface area (TPSA) is 7.76 Å². The molecule has 2 nitrogen and oxygen atoms in total. The van der Waals surface area contributed by atoms with Gasteiger partial charge in [-0.05, 0) is 24.3 Å². The van der Waals surface area contributed by atoms with E-state index in [0.29, 0.717) is 0 Å². The minimum Gasteiger partial charge on any atom is -1.00 e. The Balaban J connectivity index is 0.00000146. The predicted octanol–water partition coefficient (Wildman–Crippen LogP) is 0.862. The quantitative estimate of drug-likeness (QED) is 0.404. The zero-order valence-corrected chi connectivity index (χ0v) is 14.8. The minimum atomic E-state index is -1.98. The van der Waals surface area contributed by atoms with E-state index in [1.54, 1.807) is 0 Å². The highest BCUT2D eigenvalue weighted by atomic mass is 35.5. The fraction of sp³-hybridized carbons (Fsp3) is 0. The molecule has 1 aliphatic heterocycles. The first-order chi connectivity index (χ1) is 11.2. The number of para-hydroxylation sites is 2. The third kappa shape index (κ3) is 1.92. The molecule has 0 bridgehead atoms. The number of hydrogen-bond acceptors (Lipinski definition) is 0. The molecular formula is C18H12BCl3N2. The normalized spacial score (nSPS) is 14.2. The third-order valence-electron chi connectivity index (χ3n) is 4.64. The summed E-state index contributed by atoms with van der Waals surface area (Å²) in [5.74, 6) is 0. The fourth-order valence-corrected chi connectivity index (χ4v) is 4.50. The van der Waals surface area contributed by atoms with Crippen LogP contribution < -0.4 is 21.4 Å². The second-order valence-corrected chi connectivity index (χ2v) is 7.32. The molecule has 2 aromatic heterocycles. The van der Waals surface area contributed by atoms with Crippen molar-refractivity contribution in [3.05, 3.63) is 72.8 Å². The lowest BCUT2D eigenvalue weighted by molar-refractivity contribution is -0.600. The van der Waals surface area contributed by atoms with Crippen LogP contribution in [0.1, 0.15) is 0 Å². The van der Waals surface area contributed by atoms with Crippen LogP contribution in [-0.2, 0) is 0 Å². The highest BCUT2D eigenvalue weighted by Gasteiger charge is 2.57. The zero-order valence-electron chi connectivity index (χ0n) is 12.5. The van der Waals surface area contributed by atoms with E-state index in [1.807, 2.05) is 24.3 Å². The van der Waals surface area contributed by atoms with Gasteiger partial charge in [0, 0.05) is 35.0 Å². The van der Waals surface area contributed by atoms with E-state index in [2.05, 4.69) is 57.5 Å². The molecule has 2 aromatic carbocycles. The van der Waals surface area contributed by atoms with Crippen molar-refractivity contribution < 1.29 is 21.4 Å². The van der Waals surface area contributed by atoms with E-state index in [1.165, 1.54) is 0 Å². The highest BCUT2D eigenvalue weighted by Crippen LogP contribution is 2.29. The number of halogens is 3. The van der Waals surface area contributed by atoms with Crippen molar-refractivity contribution in [2.24, 2.45) is 0 Å². The number of benzene rings is 2. The van der Waals surface area contributed by atoms with E-state index in [-0.39, 0.29) is 12.4 Å². The molecule has 0 fully saturated rings. The van der Waals surface area contributed by atoms with Crippen LogP contribution in [-0.4, -0.2) is 5.25 Å². The summed E-state index contributed by atoms with van der Waals surface area (Å²) in [6.45, 7) is 0. The third-order valence-corrected chi connectivity index (χ3v) is 5.42. The van der Waals surface area contributed by atoms with Crippen LogP contribution in [0.25, 0.3) is 33.2 Å². The second kappa shape index (κ2) is 5.35. The first-order valence-electron chi connectivity index (χ1n) is 7.57. The van der Waals surface area contributed by atoms with Gasteiger partial charge < -0.3 is 21.4 Å². The van der Waals surface area contributed by atoms with Crippen molar-refractivity contribution >= 4 is 50.0 Å². The molecule has 0 N–H and O–H groups in total. The molecule has 3 heterocycles. The maximum absolute atomic E-state index is 6.94. The van der Waals surface area contributed by atoms with Gasteiger partial charge in [0.15, 0.2) is 11.0 Å². The molecular weight excluding hydrogens is 361 g/mol. The summed E-state index contributed by atoms with van der Waals surface area (Å²) >= 11 is 13.9. The Morgan fingerprint density at radius 2 is 1.00 bits per heavy atom. The molecule has 24 heavy (non-hydrogen) atoms. The summed E-state index contributed by atoms with van der Waals surface area (Å²) in [4.78, 5) is 0. The number of rotatable bonds is 0. The van der Waals surface area contributed by atoms with Gasteiger partial charge in [-0.1, -0.05) is 24.3 Å². The van der Waals surface area contributed by atoms with Crippen LogP contribution in [0, 0.1) is 0 Å². The molecule has 1 aliphatic rings. The van der Waals surface area contributed by atoms with Crippen molar-refractivity contribution in [1.82, 2.24) is 0 Å². The molecule has 4 aromatic rings. The lowest BCUT2D eigenvalue weighted by atomic mass is 10.0. The molecule has 0 spiro atoms. The van der Waals surface area contributed by atoms with Crippen LogP contribution in [0.4, 0.5) is 0 Å². The van der Waals surface area contributed by atoms with Gasteiger partial charge in [-0.3, -0.25) is 0 Å². The van der Waals surface area contributed by atoms with Gasteiger partial charge in [0.05, 0.1) is 0 Å². The van der Waals surface area contributed by atoms with Gasteiger partial charge in [0.2, 0.25) is 11.4 Å². The summed E-state index contributed by atoms with van der Waals surface area (Å²) in [7, 11) is 0. The Morgan fingerprint density at radius 3 is 1.46 bits per heavy atom. The maximum Gasteiger partial charge on any atom is 0.726 e. The highest BCUT2D eigenvalue weighted by molar-refractivity contribution is 7.37. The molecule has 0 saturated carbocycles.